The molecule has 5 nitrogen and oxygen atoms in total. The average Bonchev–Trinajstić information content (AvgIpc) is 2.85. The van der Waals surface area contributed by atoms with Crippen molar-refractivity contribution in [1.29, 1.82) is 0 Å². The molecule has 1 aliphatic heterocycles. The fraction of sp³-hybridized carbons (Fsp3) is 0.636. The maximum Gasteiger partial charge on any atom is 0.316 e. The lowest BCUT2D eigenvalue weighted by Crippen LogP contribution is -2.31. The maximum atomic E-state index is 5.83. The van der Waals surface area contributed by atoms with Crippen LogP contribution in [0.15, 0.2) is 12.4 Å². The van der Waals surface area contributed by atoms with Crippen LogP contribution in [0.25, 0.3) is 0 Å². The first-order chi connectivity index (χ1) is 7.85. The Balaban J connectivity index is 2.12. The minimum atomic E-state index is 0.244. The van der Waals surface area contributed by atoms with E-state index in [1.54, 1.807) is 7.11 Å². The van der Waals surface area contributed by atoms with E-state index in [0.29, 0.717) is 12.6 Å². The van der Waals surface area contributed by atoms with E-state index in [9.17, 15) is 0 Å². The molecule has 0 saturated carbocycles. The van der Waals surface area contributed by atoms with Crippen molar-refractivity contribution in [1.82, 2.24) is 14.9 Å². The Hall–Kier alpha value is -1.20. The van der Waals surface area contributed by atoms with E-state index < -0.39 is 0 Å². The lowest BCUT2D eigenvalue weighted by atomic mass is 10.1. The van der Waals surface area contributed by atoms with Crippen LogP contribution in [-0.2, 0) is 0 Å². The lowest BCUT2D eigenvalue weighted by Gasteiger charge is -2.25. The summed E-state index contributed by atoms with van der Waals surface area (Å²) in [5, 5.41) is 0. The van der Waals surface area contributed by atoms with Crippen LogP contribution in [0.5, 0.6) is 6.01 Å². The molecule has 0 unspecified atom stereocenters. The predicted molar refractivity (Wildman–Crippen MR) is 61.2 cm³/mol. The molecule has 1 aliphatic rings. The van der Waals surface area contributed by atoms with E-state index in [-0.39, 0.29) is 6.04 Å². The van der Waals surface area contributed by atoms with Crippen molar-refractivity contribution in [3.8, 4) is 6.01 Å². The van der Waals surface area contributed by atoms with Gasteiger partial charge < -0.3 is 10.5 Å². The van der Waals surface area contributed by atoms with Crippen LogP contribution >= 0.6 is 0 Å². The third-order valence-corrected chi connectivity index (χ3v) is 3.02. The third-order valence-electron chi connectivity index (χ3n) is 3.02. The molecule has 5 heteroatoms. The molecule has 88 valence electrons. The van der Waals surface area contributed by atoms with Gasteiger partial charge in [-0.3, -0.25) is 4.90 Å². The molecule has 0 spiro atoms. The summed E-state index contributed by atoms with van der Waals surface area (Å²) in [4.78, 5) is 10.6. The molecule has 1 aromatic heterocycles. The summed E-state index contributed by atoms with van der Waals surface area (Å²) in [6, 6.07) is 0.648. The minimum absolute atomic E-state index is 0.244. The van der Waals surface area contributed by atoms with Crippen molar-refractivity contribution in [2.75, 3.05) is 26.7 Å². The number of hydrogen-bond acceptors (Lipinski definition) is 5. The number of rotatable bonds is 4. The second-order valence-electron chi connectivity index (χ2n) is 4.00. The van der Waals surface area contributed by atoms with Gasteiger partial charge in [-0.25, -0.2) is 9.97 Å². The highest BCUT2D eigenvalue weighted by molar-refractivity contribution is 5.13. The molecule has 0 radical (unpaired) electrons. The van der Waals surface area contributed by atoms with E-state index in [1.165, 1.54) is 12.8 Å². The first kappa shape index (κ1) is 11.3. The number of likely N-dealkylation sites (tertiary alicyclic amines) is 1. The van der Waals surface area contributed by atoms with Crippen LogP contribution in [0.2, 0.25) is 0 Å². The highest BCUT2D eigenvalue weighted by Gasteiger charge is 2.22. The second kappa shape index (κ2) is 5.23. The van der Waals surface area contributed by atoms with Gasteiger partial charge in [-0.05, 0) is 25.9 Å². The summed E-state index contributed by atoms with van der Waals surface area (Å²) >= 11 is 0. The zero-order valence-corrected chi connectivity index (χ0v) is 9.59. The van der Waals surface area contributed by atoms with Gasteiger partial charge in [-0.1, -0.05) is 0 Å². The number of hydrogen-bond donors (Lipinski definition) is 1. The van der Waals surface area contributed by atoms with Gasteiger partial charge in [0.15, 0.2) is 0 Å². The number of methoxy groups -OCH3 is 1. The van der Waals surface area contributed by atoms with Crippen LogP contribution in [0.3, 0.4) is 0 Å². The predicted octanol–water partition coefficient (Wildman–Crippen LogP) is 0.581. The van der Waals surface area contributed by atoms with Crippen molar-refractivity contribution in [2.45, 2.75) is 18.9 Å². The largest absolute Gasteiger partial charge is 0.467 e. The van der Waals surface area contributed by atoms with Gasteiger partial charge in [0, 0.05) is 24.5 Å². The molecular formula is C11H18N4O. The van der Waals surface area contributed by atoms with E-state index in [2.05, 4.69) is 14.9 Å². The number of nitrogens with two attached hydrogens (primary N) is 1. The molecule has 0 bridgehead atoms. The molecule has 2 N–H and O–H groups in total. The van der Waals surface area contributed by atoms with E-state index in [0.717, 1.165) is 18.7 Å². The SMILES string of the molecule is COc1ncc([C@H](CN)N2CCCC2)cn1. The molecule has 16 heavy (non-hydrogen) atoms. The molecule has 1 atom stereocenters. The van der Waals surface area contributed by atoms with Crippen molar-refractivity contribution >= 4 is 0 Å². The smallest absolute Gasteiger partial charge is 0.316 e. The molecule has 0 amide bonds. The van der Waals surface area contributed by atoms with E-state index in [1.807, 2.05) is 12.4 Å². The van der Waals surface area contributed by atoms with Crippen LogP contribution in [-0.4, -0.2) is 41.6 Å². The fourth-order valence-corrected chi connectivity index (χ4v) is 2.15. The maximum absolute atomic E-state index is 5.83. The summed E-state index contributed by atoms with van der Waals surface area (Å²) < 4.78 is 4.94. The van der Waals surface area contributed by atoms with E-state index in [4.69, 9.17) is 10.5 Å². The number of aromatic nitrogens is 2. The van der Waals surface area contributed by atoms with Crippen LogP contribution in [0, 0.1) is 0 Å². The quantitative estimate of drug-likeness (QED) is 0.807. The normalized spacial score (nSPS) is 18.6. The molecule has 1 aromatic rings. The van der Waals surface area contributed by atoms with Gasteiger partial charge in [-0.2, -0.15) is 0 Å². The van der Waals surface area contributed by atoms with Gasteiger partial charge in [0.05, 0.1) is 13.2 Å². The van der Waals surface area contributed by atoms with Crippen molar-refractivity contribution in [3.05, 3.63) is 18.0 Å². The molecule has 1 saturated heterocycles. The fourth-order valence-electron chi connectivity index (χ4n) is 2.15. The standard InChI is InChI=1S/C11H18N4O/c1-16-11-13-7-9(8-14-11)10(6-12)15-4-2-3-5-15/h7-8,10H,2-6,12H2,1H3/t10-/m0/s1. The second-order valence-corrected chi connectivity index (χ2v) is 4.00. The van der Waals surface area contributed by atoms with Crippen molar-refractivity contribution < 1.29 is 4.74 Å². The molecule has 0 aromatic carbocycles. The van der Waals surface area contributed by atoms with Gasteiger partial charge in [0.1, 0.15) is 0 Å². The first-order valence-electron chi connectivity index (χ1n) is 5.65. The highest BCUT2D eigenvalue weighted by Crippen LogP contribution is 2.23. The minimum Gasteiger partial charge on any atom is -0.467 e. The molecule has 2 rings (SSSR count). The van der Waals surface area contributed by atoms with Gasteiger partial charge in [0.2, 0.25) is 0 Å². The zero-order valence-electron chi connectivity index (χ0n) is 9.59. The van der Waals surface area contributed by atoms with E-state index >= 15 is 0 Å². The Morgan fingerprint density at radius 1 is 1.38 bits per heavy atom. The van der Waals surface area contributed by atoms with Crippen LogP contribution < -0.4 is 10.5 Å². The Bertz CT molecular complexity index is 321. The number of nitrogens with zero attached hydrogens (tertiary/aromatic N) is 3. The topological polar surface area (TPSA) is 64.3 Å². The Morgan fingerprint density at radius 3 is 2.50 bits per heavy atom. The Kier molecular flexibility index (Phi) is 3.69. The lowest BCUT2D eigenvalue weighted by molar-refractivity contribution is 0.250. The average molecular weight is 222 g/mol. The molecule has 2 heterocycles. The summed E-state index contributed by atoms with van der Waals surface area (Å²) in [6.07, 6.45) is 6.13. The Morgan fingerprint density at radius 2 is 2.00 bits per heavy atom. The van der Waals surface area contributed by atoms with Gasteiger partial charge >= 0.3 is 6.01 Å². The number of ether oxygens (including phenoxy) is 1. The molecule has 0 aliphatic carbocycles. The van der Waals surface area contributed by atoms with Crippen LogP contribution in [0.1, 0.15) is 24.4 Å². The third kappa shape index (κ3) is 2.31. The Labute approximate surface area is 95.6 Å². The van der Waals surface area contributed by atoms with Crippen LogP contribution in [0.4, 0.5) is 0 Å². The van der Waals surface area contributed by atoms with Gasteiger partial charge in [-0.15, -0.1) is 0 Å². The van der Waals surface area contributed by atoms with Crippen molar-refractivity contribution in [3.63, 3.8) is 0 Å². The van der Waals surface area contributed by atoms with Crippen molar-refractivity contribution in [2.24, 2.45) is 5.73 Å². The first-order valence-corrected chi connectivity index (χ1v) is 5.65. The summed E-state index contributed by atoms with van der Waals surface area (Å²) in [5.41, 5.74) is 6.90. The zero-order chi connectivity index (χ0) is 11.4. The van der Waals surface area contributed by atoms with Gasteiger partial charge in [0.25, 0.3) is 0 Å². The summed E-state index contributed by atoms with van der Waals surface area (Å²) in [6.45, 7) is 2.84. The summed E-state index contributed by atoms with van der Waals surface area (Å²) in [7, 11) is 1.57. The molecule has 1 fully saturated rings. The highest BCUT2D eigenvalue weighted by atomic mass is 16.5. The monoisotopic (exact) mass is 222 g/mol. The molecular weight excluding hydrogens is 204 g/mol. The summed E-state index contributed by atoms with van der Waals surface area (Å²) in [5.74, 6) is 0.